The molecule has 200 valence electrons. The topological polar surface area (TPSA) is 136 Å². The molecular formula is C26H31Br2N3O6. The Balaban J connectivity index is 1.93. The molecule has 0 aromatic heterocycles. The molecule has 0 saturated heterocycles. The maximum atomic E-state index is 12.6. The highest BCUT2D eigenvalue weighted by Gasteiger charge is 2.24. The summed E-state index contributed by atoms with van der Waals surface area (Å²) in [5, 5.41) is 24.5. The second-order valence-electron chi connectivity index (χ2n) is 8.43. The van der Waals surface area contributed by atoms with E-state index in [0.717, 1.165) is 40.6 Å². The second kappa shape index (κ2) is 15.4. The van der Waals surface area contributed by atoms with Gasteiger partial charge in [-0.15, -0.1) is 0 Å². The number of rotatable bonds is 15. The first-order chi connectivity index (χ1) is 17.6. The van der Waals surface area contributed by atoms with Crippen molar-refractivity contribution in [2.45, 2.75) is 38.3 Å². The maximum Gasteiger partial charge on any atom is 0.326 e. The van der Waals surface area contributed by atoms with Gasteiger partial charge in [0.25, 0.3) is 5.91 Å². The molecule has 2 aromatic carbocycles. The molecule has 0 aliphatic heterocycles. The van der Waals surface area contributed by atoms with E-state index < -0.39 is 42.3 Å². The minimum absolute atomic E-state index is 0.257. The summed E-state index contributed by atoms with van der Waals surface area (Å²) >= 11 is 6.98. The lowest BCUT2D eigenvalue weighted by atomic mass is 10.0. The number of alkyl halides is 2. The zero-order chi connectivity index (χ0) is 27.4. The third-order valence-electron chi connectivity index (χ3n) is 5.64. The highest BCUT2D eigenvalue weighted by Crippen LogP contribution is 2.18. The summed E-state index contributed by atoms with van der Waals surface area (Å²) < 4.78 is 0. The number of carboxylic acids is 2. The Labute approximate surface area is 232 Å². The zero-order valence-electron chi connectivity index (χ0n) is 20.5. The van der Waals surface area contributed by atoms with E-state index in [9.17, 15) is 24.3 Å². The standard InChI is InChI=1S/C26H31Br2N3O6/c1-17(24(34)30-22(26(36)37)10-11-23(32)33)29-25(35)20-6-2-18(3-7-20)16-19-4-8-21(9-5-19)31(14-12-27)15-13-28/h2-9,17,22H,10-16H2,1H3,(H,29,35)(H,30,34)(H,32,33)(H,36,37)/t17-,22-/m0/s1. The lowest BCUT2D eigenvalue weighted by Crippen LogP contribution is -2.50. The Bertz CT molecular complexity index is 1060. The average molecular weight is 641 g/mol. The molecule has 0 unspecified atom stereocenters. The summed E-state index contributed by atoms with van der Waals surface area (Å²) in [6.07, 6.45) is 0.0409. The molecule has 0 fully saturated rings. The minimum atomic E-state index is -1.35. The molecule has 9 nitrogen and oxygen atoms in total. The minimum Gasteiger partial charge on any atom is -0.481 e. The summed E-state index contributed by atoms with van der Waals surface area (Å²) in [4.78, 5) is 49.2. The van der Waals surface area contributed by atoms with Gasteiger partial charge < -0.3 is 25.7 Å². The molecule has 2 amide bonds. The molecule has 0 aliphatic rings. The molecule has 2 aromatic rings. The second-order valence-corrected chi connectivity index (χ2v) is 10.0. The monoisotopic (exact) mass is 639 g/mol. The molecule has 37 heavy (non-hydrogen) atoms. The number of nitrogens with zero attached hydrogens (tertiary/aromatic N) is 1. The number of aliphatic carboxylic acids is 2. The van der Waals surface area contributed by atoms with E-state index in [2.05, 4.69) is 71.7 Å². The van der Waals surface area contributed by atoms with Crippen molar-refractivity contribution in [2.75, 3.05) is 28.6 Å². The number of anilines is 1. The first kappa shape index (κ1) is 30.3. The number of amides is 2. The molecule has 0 bridgehead atoms. The SMILES string of the molecule is C[C@H](NC(=O)c1ccc(Cc2ccc(N(CCBr)CCBr)cc2)cc1)C(=O)N[C@@H](CCC(=O)O)C(=O)O. The Morgan fingerprint density at radius 2 is 1.41 bits per heavy atom. The number of hydrogen-bond acceptors (Lipinski definition) is 5. The first-order valence-electron chi connectivity index (χ1n) is 11.7. The lowest BCUT2D eigenvalue weighted by Gasteiger charge is -2.23. The molecular weight excluding hydrogens is 610 g/mol. The van der Waals surface area contributed by atoms with Crippen molar-refractivity contribution in [1.29, 1.82) is 0 Å². The van der Waals surface area contributed by atoms with Gasteiger partial charge in [-0.1, -0.05) is 56.1 Å². The van der Waals surface area contributed by atoms with Gasteiger partial charge in [-0.2, -0.15) is 0 Å². The van der Waals surface area contributed by atoms with Crippen molar-refractivity contribution in [3.63, 3.8) is 0 Å². The van der Waals surface area contributed by atoms with Crippen LogP contribution in [0.25, 0.3) is 0 Å². The number of carbonyl (C=O) groups is 4. The van der Waals surface area contributed by atoms with Crippen LogP contribution in [-0.4, -0.2) is 69.8 Å². The van der Waals surface area contributed by atoms with Crippen molar-refractivity contribution >= 4 is 61.3 Å². The van der Waals surface area contributed by atoms with Gasteiger partial charge in [0, 0.05) is 41.4 Å². The summed E-state index contributed by atoms with van der Waals surface area (Å²) in [7, 11) is 0. The van der Waals surface area contributed by atoms with Crippen LogP contribution in [0, 0.1) is 0 Å². The van der Waals surface area contributed by atoms with Crippen molar-refractivity contribution in [2.24, 2.45) is 0 Å². The number of nitrogens with one attached hydrogen (secondary N) is 2. The Morgan fingerprint density at radius 3 is 1.89 bits per heavy atom. The first-order valence-corrected chi connectivity index (χ1v) is 14.0. The number of benzene rings is 2. The van der Waals surface area contributed by atoms with E-state index in [4.69, 9.17) is 5.11 Å². The smallest absolute Gasteiger partial charge is 0.326 e. The summed E-state index contributed by atoms with van der Waals surface area (Å²) in [6, 6.07) is 13.1. The van der Waals surface area contributed by atoms with Gasteiger partial charge in [-0.25, -0.2) is 4.79 Å². The molecule has 0 aliphatic carbocycles. The number of carboxylic acid groups (broad SMARTS) is 2. The third-order valence-corrected chi connectivity index (χ3v) is 6.35. The van der Waals surface area contributed by atoms with Crippen molar-refractivity contribution in [3.05, 3.63) is 65.2 Å². The molecule has 2 atom stereocenters. The van der Waals surface area contributed by atoms with Crippen LogP contribution in [0.1, 0.15) is 41.3 Å². The Kier molecular flexibility index (Phi) is 12.6. The quantitative estimate of drug-likeness (QED) is 0.219. The molecule has 0 radical (unpaired) electrons. The lowest BCUT2D eigenvalue weighted by molar-refractivity contribution is -0.143. The van der Waals surface area contributed by atoms with Gasteiger partial charge in [0.05, 0.1) is 0 Å². The fourth-order valence-electron chi connectivity index (χ4n) is 3.58. The molecule has 11 heteroatoms. The van der Waals surface area contributed by atoms with Gasteiger partial charge in [0.2, 0.25) is 5.91 Å². The average Bonchev–Trinajstić information content (AvgIpc) is 2.86. The van der Waals surface area contributed by atoms with Crippen LogP contribution in [-0.2, 0) is 20.8 Å². The van der Waals surface area contributed by atoms with E-state index in [-0.39, 0.29) is 6.42 Å². The van der Waals surface area contributed by atoms with Crippen LogP contribution < -0.4 is 15.5 Å². The summed E-state index contributed by atoms with van der Waals surface area (Å²) in [6.45, 7) is 3.26. The van der Waals surface area contributed by atoms with E-state index in [1.54, 1.807) is 12.1 Å². The van der Waals surface area contributed by atoms with Crippen molar-refractivity contribution < 1.29 is 29.4 Å². The van der Waals surface area contributed by atoms with Crippen LogP contribution in [0.5, 0.6) is 0 Å². The fourth-order valence-corrected chi connectivity index (χ4v) is 4.43. The molecule has 0 heterocycles. The number of carbonyl (C=O) groups excluding carboxylic acids is 2. The van der Waals surface area contributed by atoms with Gasteiger partial charge >= 0.3 is 11.9 Å². The van der Waals surface area contributed by atoms with E-state index in [1.807, 2.05) is 12.1 Å². The number of halogens is 2. The van der Waals surface area contributed by atoms with Crippen LogP contribution >= 0.6 is 31.9 Å². The fraction of sp³-hybridized carbons (Fsp3) is 0.385. The molecule has 0 spiro atoms. The van der Waals surface area contributed by atoms with Crippen LogP contribution in [0.15, 0.2) is 48.5 Å². The van der Waals surface area contributed by atoms with Crippen LogP contribution in [0.2, 0.25) is 0 Å². The van der Waals surface area contributed by atoms with Gasteiger partial charge in [-0.05, 0) is 55.2 Å². The maximum absolute atomic E-state index is 12.6. The Hall–Kier alpha value is -2.92. The summed E-state index contributed by atoms with van der Waals surface area (Å²) in [5.74, 6) is -3.69. The highest BCUT2D eigenvalue weighted by atomic mass is 79.9. The van der Waals surface area contributed by atoms with Gasteiger partial charge in [-0.3, -0.25) is 14.4 Å². The predicted octanol–water partition coefficient (Wildman–Crippen LogP) is 3.43. The van der Waals surface area contributed by atoms with Crippen molar-refractivity contribution in [3.8, 4) is 0 Å². The normalized spacial score (nSPS) is 12.3. The van der Waals surface area contributed by atoms with Gasteiger partial charge in [0.1, 0.15) is 12.1 Å². The Morgan fingerprint density at radius 1 is 0.865 bits per heavy atom. The van der Waals surface area contributed by atoms with Gasteiger partial charge in [0.15, 0.2) is 0 Å². The molecule has 0 saturated carbocycles. The highest BCUT2D eigenvalue weighted by molar-refractivity contribution is 9.09. The van der Waals surface area contributed by atoms with E-state index >= 15 is 0 Å². The molecule has 2 rings (SSSR count). The zero-order valence-corrected chi connectivity index (χ0v) is 23.6. The van der Waals surface area contributed by atoms with E-state index in [1.165, 1.54) is 6.92 Å². The molecule has 4 N–H and O–H groups in total. The van der Waals surface area contributed by atoms with Crippen LogP contribution in [0.4, 0.5) is 5.69 Å². The summed E-state index contributed by atoms with van der Waals surface area (Å²) in [5.41, 5.74) is 3.68. The largest absolute Gasteiger partial charge is 0.481 e. The predicted molar refractivity (Wildman–Crippen MR) is 149 cm³/mol. The number of hydrogen-bond donors (Lipinski definition) is 4. The van der Waals surface area contributed by atoms with E-state index in [0.29, 0.717) is 12.0 Å². The van der Waals surface area contributed by atoms with Crippen molar-refractivity contribution in [1.82, 2.24) is 10.6 Å². The van der Waals surface area contributed by atoms with Crippen LogP contribution in [0.3, 0.4) is 0 Å². The third kappa shape index (κ3) is 10.2.